The van der Waals surface area contributed by atoms with Gasteiger partial charge in [0.15, 0.2) is 0 Å². The van der Waals surface area contributed by atoms with Crippen LogP contribution in [0, 0.1) is 6.57 Å². The summed E-state index contributed by atoms with van der Waals surface area (Å²) in [6.07, 6.45) is -1.41. The van der Waals surface area contributed by atoms with Gasteiger partial charge in [-0.25, -0.2) is 20.9 Å². The molecular formula is C21H39N3O7P2. The number of nitrogens with zero attached hydrogens (tertiary/aromatic N) is 2. The predicted octanol–water partition coefficient (Wildman–Crippen LogP) is 4.12. The minimum Gasteiger partial charge on any atom is -0.376 e. The summed E-state index contributed by atoms with van der Waals surface area (Å²) in [6, 6.07) is -0.197. The summed E-state index contributed by atoms with van der Waals surface area (Å²) >= 11 is 0. The van der Waals surface area contributed by atoms with Gasteiger partial charge in [0.25, 0.3) is 8.53 Å². The number of rotatable bonds is 11. The molecule has 12 heteroatoms. The largest absolute Gasteiger partial charge is 0.406 e. The molecule has 3 aliphatic heterocycles. The summed E-state index contributed by atoms with van der Waals surface area (Å²) in [7, 11) is -5.30. The van der Waals surface area contributed by atoms with Crippen molar-refractivity contribution in [1.29, 1.82) is 0 Å². The van der Waals surface area contributed by atoms with Crippen LogP contribution >= 0.6 is 16.3 Å². The molecule has 190 valence electrons. The van der Waals surface area contributed by atoms with Gasteiger partial charge in [-0.05, 0) is 41.0 Å². The van der Waals surface area contributed by atoms with Crippen LogP contribution in [0.3, 0.4) is 0 Å². The molecule has 0 saturated carbocycles. The van der Waals surface area contributed by atoms with Gasteiger partial charge < -0.3 is 23.4 Å². The first-order valence-electron chi connectivity index (χ1n) is 13.3. The topological polar surface area (TPSA) is 92.1 Å². The van der Waals surface area contributed by atoms with Gasteiger partial charge in [-0.1, -0.05) is 0 Å². The Labute approximate surface area is 203 Å². The Hall–Kier alpha value is -0.170. The molecule has 10 nitrogen and oxygen atoms in total. The fourth-order valence-electron chi connectivity index (χ4n) is 4.05. The summed E-state index contributed by atoms with van der Waals surface area (Å²) in [4.78, 5) is 3.37. The smallest absolute Gasteiger partial charge is 0.376 e. The molecular weight excluding hydrogens is 468 g/mol. The van der Waals surface area contributed by atoms with Crippen molar-refractivity contribution in [3.63, 3.8) is 0 Å². The molecule has 3 aliphatic rings. The number of hydrogen-bond donors (Lipinski definition) is 1. The molecule has 3 fully saturated rings. The van der Waals surface area contributed by atoms with Gasteiger partial charge in [0.05, 0.1) is 27.7 Å². The van der Waals surface area contributed by atoms with E-state index in [-0.39, 0.29) is 45.2 Å². The molecule has 0 aromatic heterocycles. The second kappa shape index (κ2) is 12.7. The van der Waals surface area contributed by atoms with Crippen molar-refractivity contribution in [2.24, 2.45) is 0 Å². The average molecular weight is 513 g/mol. The highest BCUT2D eigenvalue weighted by Crippen LogP contribution is 2.52. The van der Waals surface area contributed by atoms with Gasteiger partial charge in [-0.15, -0.1) is 0 Å². The van der Waals surface area contributed by atoms with Gasteiger partial charge >= 0.3 is 7.75 Å². The molecule has 3 rings (SSSR count). The van der Waals surface area contributed by atoms with Crippen molar-refractivity contribution >= 4 is 16.3 Å². The van der Waals surface area contributed by atoms with Gasteiger partial charge in [-0.2, -0.15) is 0 Å². The molecule has 0 radical (unpaired) electrons. The first kappa shape index (κ1) is 23.2. The summed E-state index contributed by atoms with van der Waals surface area (Å²) in [5, 5.41) is 2.97. The molecule has 0 amide bonds. The van der Waals surface area contributed by atoms with Crippen molar-refractivity contribution in [3.8, 4) is 0 Å². The summed E-state index contributed by atoms with van der Waals surface area (Å²) < 4.78 is 74.3. The van der Waals surface area contributed by atoms with E-state index in [0.717, 1.165) is 0 Å². The van der Waals surface area contributed by atoms with E-state index in [1.807, 2.05) is 0 Å². The first-order chi connectivity index (χ1) is 17.1. The summed E-state index contributed by atoms with van der Waals surface area (Å²) in [5.41, 5.74) is 0. The Balaban J connectivity index is 1.72. The zero-order valence-corrected chi connectivity index (χ0v) is 21.6. The lowest BCUT2D eigenvalue weighted by Gasteiger charge is -2.39. The fraction of sp³-hybridized carbons (Fsp3) is 0.952. The van der Waals surface area contributed by atoms with E-state index < -0.39 is 59.9 Å². The van der Waals surface area contributed by atoms with E-state index >= 15 is 0 Å². The highest BCUT2D eigenvalue weighted by Gasteiger charge is 2.46. The van der Waals surface area contributed by atoms with Crippen LogP contribution in [0.15, 0.2) is 0 Å². The molecule has 0 aromatic carbocycles. The zero-order chi connectivity index (χ0) is 26.5. The zero-order valence-electron chi connectivity index (χ0n) is 22.8. The van der Waals surface area contributed by atoms with Gasteiger partial charge in [0.1, 0.15) is 12.7 Å². The highest BCUT2D eigenvalue weighted by molar-refractivity contribution is 7.51. The second-order valence-electron chi connectivity index (χ2n) is 8.74. The lowest BCUT2D eigenvalue weighted by molar-refractivity contribution is 0.00315. The Morgan fingerprint density at radius 1 is 1.27 bits per heavy atom. The Morgan fingerprint density at radius 3 is 2.70 bits per heavy atom. The van der Waals surface area contributed by atoms with E-state index in [0.29, 0.717) is 12.8 Å². The minimum atomic E-state index is -3.76. The van der Waals surface area contributed by atoms with Gasteiger partial charge in [0.2, 0.25) is 6.54 Å². The highest BCUT2D eigenvalue weighted by atomic mass is 31.2. The van der Waals surface area contributed by atoms with Crippen LogP contribution < -0.4 is 5.09 Å². The number of nitrogens with one attached hydrogen (secondary N) is 1. The molecule has 0 bridgehead atoms. The van der Waals surface area contributed by atoms with Crippen molar-refractivity contribution < 1.29 is 36.2 Å². The Kier molecular flexibility index (Phi) is 8.94. The van der Waals surface area contributed by atoms with Gasteiger partial charge in [-0.3, -0.25) is 9.05 Å². The van der Waals surface area contributed by atoms with Crippen LogP contribution in [-0.2, 0) is 32.1 Å². The summed E-state index contributed by atoms with van der Waals surface area (Å²) in [6.45, 7) is 14.2. The van der Waals surface area contributed by atoms with Crippen LogP contribution in [0.2, 0.25) is 0 Å². The Bertz CT molecular complexity index is 788. The lowest BCUT2D eigenvalue weighted by atomic mass is 10.0. The van der Waals surface area contributed by atoms with E-state index in [1.165, 1.54) is 0 Å². The molecule has 0 aromatic rings. The second-order valence-corrected chi connectivity index (χ2v) is 11.9. The quantitative estimate of drug-likeness (QED) is 0.249. The third-order valence-corrected chi connectivity index (χ3v) is 9.40. The maximum Gasteiger partial charge on any atom is 0.406 e. The first-order valence-corrected chi connectivity index (χ1v) is 14.1. The monoisotopic (exact) mass is 512 g/mol. The Morgan fingerprint density at radius 2 is 2.00 bits per heavy atom. The van der Waals surface area contributed by atoms with E-state index in [1.54, 1.807) is 0 Å². The SMILES string of the molecule is [2H]C[C@H]1O[C@@H]([3H])C[C@@H]1O[P@]1(=O)N[C@@H]([C@H]2O[C@@H]([3H])C[C@@H]2OP(OCC[N+]#[C-])N(C(C)C)C(C)C)CCO1. The molecule has 9 atom stereocenters. The molecule has 3 saturated heterocycles. The number of hydrogen-bond acceptors (Lipinski definition) is 8. The number of ether oxygens (including phenoxy) is 2. The van der Waals surface area contributed by atoms with Crippen molar-refractivity contribution in [2.45, 2.75) is 96.4 Å². The van der Waals surface area contributed by atoms with Crippen molar-refractivity contribution in [3.05, 3.63) is 11.4 Å². The minimum absolute atomic E-state index is 0.106. The van der Waals surface area contributed by atoms with E-state index in [4.69, 9.17) is 38.3 Å². The maximum atomic E-state index is 13.5. The van der Waals surface area contributed by atoms with Crippen LogP contribution in [0.25, 0.3) is 4.85 Å². The molecule has 0 spiro atoms. The third-order valence-electron chi connectivity index (χ3n) is 5.52. The molecule has 1 unspecified atom stereocenters. The van der Waals surface area contributed by atoms with Crippen LogP contribution in [0.1, 0.15) is 58.0 Å². The molecule has 3 heterocycles. The van der Waals surface area contributed by atoms with Crippen molar-refractivity contribution in [2.75, 3.05) is 32.9 Å². The van der Waals surface area contributed by atoms with Gasteiger partial charge in [0, 0.05) is 45.5 Å². The fourth-order valence-corrected chi connectivity index (χ4v) is 7.59. The maximum absolute atomic E-state index is 13.5. The molecule has 33 heavy (non-hydrogen) atoms. The summed E-state index contributed by atoms with van der Waals surface area (Å²) in [5.74, 6) is 0. The van der Waals surface area contributed by atoms with Crippen molar-refractivity contribution in [1.82, 2.24) is 9.76 Å². The molecule has 1 N–H and O–H groups in total. The van der Waals surface area contributed by atoms with E-state index in [2.05, 4.69) is 42.3 Å². The standard InChI is InChI=1S/C21H39N3O7P2/c1-15(2)24(16(3)4)32(28-14-10-22-6)30-20-9-12-27-21(20)18-7-13-29-33(25,23-18)31-19-8-11-26-17(19)5/h15-21H,7-14H2,1-5H3,(H,23,25)/t17-,18-,19+,20+,21-,32?,33+/m1/s1/i5D,11T,12T/t11-,12-,17+,18+,19-,20-,21+,32?,33-/m0. The lowest BCUT2D eigenvalue weighted by Crippen LogP contribution is -2.48. The van der Waals surface area contributed by atoms with Crippen LogP contribution in [-0.4, -0.2) is 80.1 Å². The predicted molar refractivity (Wildman–Crippen MR) is 126 cm³/mol. The molecule has 0 aliphatic carbocycles. The average Bonchev–Trinajstić information content (AvgIpc) is 3.33. The van der Waals surface area contributed by atoms with E-state index in [9.17, 15) is 4.57 Å². The van der Waals surface area contributed by atoms with Crippen LogP contribution in [0.5, 0.6) is 0 Å². The third kappa shape index (κ3) is 7.41. The van der Waals surface area contributed by atoms with Crippen LogP contribution in [0.4, 0.5) is 0 Å². The normalized spacial score (nSPS) is 41.8.